The summed E-state index contributed by atoms with van der Waals surface area (Å²) in [6.45, 7) is 3.79. The highest BCUT2D eigenvalue weighted by Gasteiger charge is 2.23. The lowest BCUT2D eigenvalue weighted by atomic mass is 10.0. The van der Waals surface area contributed by atoms with Crippen molar-refractivity contribution in [2.75, 3.05) is 12.8 Å². The van der Waals surface area contributed by atoms with Crippen LogP contribution in [0.5, 0.6) is 5.88 Å². The largest absolute Gasteiger partial charge is 0.481 e. The van der Waals surface area contributed by atoms with Crippen molar-refractivity contribution < 1.29 is 17.9 Å². The van der Waals surface area contributed by atoms with E-state index in [4.69, 9.17) is 16.2 Å². The van der Waals surface area contributed by atoms with Gasteiger partial charge < -0.3 is 16.2 Å². The van der Waals surface area contributed by atoms with Gasteiger partial charge in [-0.1, -0.05) is 26.0 Å². The van der Waals surface area contributed by atoms with Crippen LogP contribution in [0.4, 0.5) is 5.95 Å². The van der Waals surface area contributed by atoms with Gasteiger partial charge in [-0.2, -0.15) is 4.98 Å². The summed E-state index contributed by atoms with van der Waals surface area (Å²) in [5.41, 5.74) is 12.3. The Morgan fingerprint density at radius 1 is 1.26 bits per heavy atom. The molecule has 0 saturated heterocycles. The Labute approximate surface area is 158 Å². The van der Waals surface area contributed by atoms with Crippen LogP contribution >= 0.6 is 0 Å². The molecule has 1 amide bonds. The molecule has 2 rings (SSSR count). The fourth-order valence-corrected chi connectivity index (χ4v) is 3.47. The topological polar surface area (TPSA) is 150 Å². The van der Waals surface area contributed by atoms with Crippen LogP contribution in [0.1, 0.15) is 20.3 Å². The Kier molecular flexibility index (Phi) is 6.34. The molecule has 1 heterocycles. The minimum absolute atomic E-state index is 0.00873. The molecule has 0 radical (unpaired) electrons. The highest BCUT2D eigenvalue weighted by atomic mass is 32.2. The second-order valence-electron chi connectivity index (χ2n) is 6.39. The molecule has 146 valence electrons. The Hall–Kier alpha value is -2.72. The van der Waals surface area contributed by atoms with Crippen LogP contribution in [0.2, 0.25) is 0 Å². The van der Waals surface area contributed by atoms with Gasteiger partial charge in [-0.25, -0.2) is 18.1 Å². The average Bonchev–Trinajstić information content (AvgIpc) is 2.60. The summed E-state index contributed by atoms with van der Waals surface area (Å²) in [7, 11) is -2.65. The van der Waals surface area contributed by atoms with Gasteiger partial charge in [-0.3, -0.25) is 4.79 Å². The van der Waals surface area contributed by atoms with Crippen molar-refractivity contribution in [3.8, 4) is 17.1 Å². The normalized spacial score (nSPS) is 12.6. The summed E-state index contributed by atoms with van der Waals surface area (Å²) >= 11 is 0. The molecule has 0 saturated carbocycles. The maximum absolute atomic E-state index is 12.5. The molecule has 1 atom stereocenters. The second kappa shape index (κ2) is 8.31. The lowest BCUT2D eigenvalue weighted by Crippen LogP contribution is -2.43. The number of hydrogen-bond donors (Lipinski definition) is 3. The van der Waals surface area contributed by atoms with Crippen molar-refractivity contribution >= 4 is 21.9 Å². The molecule has 0 bridgehead atoms. The number of anilines is 1. The molecule has 0 aliphatic carbocycles. The summed E-state index contributed by atoms with van der Waals surface area (Å²) in [5.74, 6) is -0.346. The van der Waals surface area contributed by atoms with E-state index >= 15 is 0 Å². The summed E-state index contributed by atoms with van der Waals surface area (Å²) in [6, 6.07) is 6.56. The number of methoxy groups -OCH3 is 1. The Bertz CT molecular complexity index is 931. The maximum Gasteiger partial charge on any atom is 0.264 e. The molecule has 0 fully saturated rings. The molecular formula is C17H23N5O4S. The predicted octanol–water partition coefficient (Wildman–Crippen LogP) is 0.913. The van der Waals surface area contributed by atoms with Crippen LogP contribution in [0.15, 0.2) is 35.2 Å². The molecular weight excluding hydrogens is 370 g/mol. The van der Waals surface area contributed by atoms with Gasteiger partial charge in [0.1, 0.15) is 0 Å². The zero-order chi connectivity index (χ0) is 20.2. The fourth-order valence-electron chi connectivity index (χ4n) is 2.40. The van der Waals surface area contributed by atoms with Gasteiger partial charge in [0.2, 0.25) is 11.8 Å². The number of ether oxygens (including phenoxy) is 1. The van der Waals surface area contributed by atoms with E-state index in [1.54, 1.807) is 6.07 Å². The van der Waals surface area contributed by atoms with Crippen molar-refractivity contribution in [3.63, 3.8) is 0 Å². The lowest BCUT2D eigenvalue weighted by molar-refractivity contribution is -0.120. The standard InChI is InChI=1S/C17H23N5O4S/c1-10(2)7-13(18)16(23)22-27(24,25)12-6-4-5-11(8-12)14-9-15(26-3)21-17(19)20-14/h4-6,8-10,13H,7,18H2,1-3H3,(H,22,23)(H2,19,20,21)/t13-/m0/s1. The van der Waals surface area contributed by atoms with Crippen molar-refractivity contribution in [1.29, 1.82) is 0 Å². The summed E-state index contributed by atoms with van der Waals surface area (Å²) in [6.07, 6.45) is 0.376. The van der Waals surface area contributed by atoms with Crippen LogP contribution in [-0.4, -0.2) is 37.4 Å². The zero-order valence-corrected chi connectivity index (χ0v) is 16.2. The number of carbonyl (C=O) groups excluding carboxylic acids is 1. The van der Waals surface area contributed by atoms with Crippen LogP contribution in [-0.2, 0) is 14.8 Å². The van der Waals surface area contributed by atoms with Gasteiger partial charge >= 0.3 is 0 Å². The third kappa shape index (κ3) is 5.38. The number of nitrogen functional groups attached to an aromatic ring is 1. The number of aromatic nitrogens is 2. The number of benzene rings is 1. The van der Waals surface area contributed by atoms with E-state index in [1.165, 1.54) is 31.4 Å². The molecule has 2 aromatic rings. The fraction of sp³-hybridized carbons (Fsp3) is 0.353. The maximum atomic E-state index is 12.5. The number of carbonyl (C=O) groups is 1. The van der Waals surface area contributed by atoms with Gasteiger partial charge in [0, 0.05) is 11.6 Å². The smallest absolute Gasteiger partial charge is 0.264 e. The Morgan fingerprint density at radius 2 is 1.96 bits per heavy atom. The number of sulfonamides is 1. The third-order valence-corrected chi connectivity index (χ3v) is 5.01. The molecule has 9 nitrogen and oxygen atoms in total. The van der Waals surface area contributed by atoms with Gasteiger partial charge in [0.05, 0.1) is 23.7 Å². The van der Waals surface area contributed by atoms with Crippen LogP contribution in [0.25, 0.3) is 11.3 Å². The molecule has 1 aromatic carbocycles. The summed E-state index contributed by atoms with van der Waals surface area (Å²) < 4.78 is 32.1. The van der Waals surface area contributed by atoms with Gasteiger partial charge in [-0.05, 0) is 24.5 Å². The average molecular weight is 393 g/mol. The van der Waals surface area contributed by atoms with E-state index < -0.39 is 22.0 Å². The predicted molar refractivity (Wildman–Crippen MR) is 101 cm³/mol. The van der Waals surface area contributed by atoms with Crippen molar-refractivity contribution in [3.05, 3.63) is 30.3 Å². The minimum atomic E-state index is -4.08. The van der Waals surface area contributed by atoms with Crippen LogP contribution in [0.3, 0.4) is 0 Å². The quantitative estimate of drug-likeness (QED) is 0.628. The molecule has 27 heavy (non-hydrogen) atoms. The van der Waals surface area contributed by atoms with E-state index in [1.807, 2.05) is 18.6 Å². The number of hydrogen-bond acceptors (Lipinski definition) is 8. The van der Waals surface area contributed by atoms with E-state index in [2.05, 4.69) is 9.97 Å². The molecule has 0 aliphatic heterocycles. The lowest BCUT2D eigenvalue weighted by Gasteiger charge is -2.14. The highest BCUT2D eigenvalue weighted by molar-refractivity contribution is 7.90. The molecule has 10 heteroatoms. The molecule has 0 spiro atoms. The van der Waals surface area contributed by atoms with Crippen molar-refractivity contribution in [1.82, 2.24) is 14.7 Å². The molecule has 1 aromatic heterocycles. The van der Waals surface area contributed by atoms with Crippen molar-refractivity contribution in [2.45, 2.75) is 31.2 Å². The first-order valence-corrected chi connectivity index (χ1v) is 9.72. The first-order chi connectivity index (χ1) is 12.6. The Morgan fingerprint density at radius 3 is 2.59 bits per heavy atom. The number of nitrogens with one attached hydrogen (secondary N) is 1. The number of amides is 1. The van der Waals surface area contributed by atoms with Gasteiger partial charge in [0.15, 0.2) is 0 Å². The van der Waals surface area contributed by atoms with Crippen molar-refractivity contribution in [2.24, 2.45) is 11.7 Å². The first-order valence-electron chi connectivity index (χ1n) is 8.23. The van der Waals surface area contributed by atoms with Crippen LogP contribution in [0, 0.1) is 5.92 Å². The Balaban J connectivity index is 2.31. The zero-order valence-electron chi connectivity index (χ0n) is 15.3. The molecule has 0 aliphatic rings. The number of rotatable bonds is 7. The first kappa shape index (κ1) is 20.6. The van der Waals surface area contributed by atoms with Crippen LogP contribution < -0.4 is 20.9 Å². The second-order valence-corrected chi connectivity index (χ2v) is 8.07. The third-order valence-electron chi connectivity index (χ3n) is 3.67. The van der Waals surface area contributed by atoms with E-state index in [9.17, 15) is 13.2 Å². The summed E-state index contributed by atoms with van der Waals surface area (Å²) in [5, 5.41) is 0. The highest BCUT2D eigenvalue weighted by Crippen LogP contribution is 2.24. The van der Waals surface area contributed by atoms with E-state index in [-0.39, 0.29) is 22.6 Å². The van der Waals surface area contributed by atoms with Gasteiger partial charge in [0.25, 0.3) is 15.9 Å². The molecule has 0 unspecified atom stereocenters. The molecule has 5 N–H and O–H groups in total. The monoisotopic (exact) mass is 393 g/mol. The number of nitrogens with two attached hydrogens (primary N) is 2. The number of nitrogens with zero attached hydrogens (tertiary/aromatic N) is 2. The van der Waals surface area contributed by atoms with Gasteiger partial charge in [-0.15, -0.1) is 0 Å². The SMILES string of the molecule is COc1cc(-c2cccc(S(=O)(=O)NC(=O)[C@@H](N)CC(C)C)c2)nc(N)n1. The minimum Gasteiger partial charge on any atom is -0.481 e. The van der Waals surface area contributed by atoms with E-state index in [0.29, 0.717) is 17.7 Å². The summed E-state index contributed by atoms with van der Waals surface area (Å²) in [4.78, 5) is 20.0. The van der Waals surface area contributed by atoms with E-state index in [0.717, 1.165) is 0 Å².